The lowest BCUT2D eigenvalue weighted by molar-refractivity contribution is 0.407. The number of aryl methyl sites for hydroxylation is 1. The molecule has 1 aromatic heterocycles. The van der Waals surface area contributed by atoms with Crippen molar-refractivity contribution in [3.63, 3.8) is 0 Å². The average molecular weight is 295 g/mol. The Morgan fingerprint density at radius 2 is 2.10 bits per heavy atom. The minimum atomic E-state index is -0.228. The van der Waals surface area contributed by atoms with E-state index in [0.29, 0.717) is 16.9 Å². The molecule has 0 bridgehead atoms. The summed E-state index contributed by atoms with van der Waals surface area (Å²) >= 11 is 1.42. The van der Waals surface area contributed by atoms with Crippen molar-refractivity contribution < 1.29 is 8.81 Å². The third kappa shape index (κ3) is 4.94. The first-order chi connectivity index (χ1) is 9.78. The Hall–Kier alpha value is -1.40. The van der Waals surface area contributed by atoms with Crippen molar-refractivity contribution in [1.29, 1.82) is 0 Å². The van der Waals surface area contributed by atoms with Crippen molar-refractivity contribution >= 4 is 11.8 Å². The Kier molecular flexibility index (Phi) is 6.01. The summed E-state index contributed by atoms with van der Waals surface area (Å²) in [4.78, 5) is 0. The maximum absolute atomic E-state index is 13.0. The van der Waals surface area contributed by atoms with Gasteiger partial charge in [-0.1, -0.05) is 30.3 Å². The van der Waals surface area contributed by atoms with Gasteiger partial charge in [0.05, 0.1) is 0 Å². The van der Waals surface area contributed by atoms with Gasteiger partial charge in [-0.3, -0.25) is 0 Å². The zero-order chi connectivity index (χ0) is 14.2. The van der Waals surface area contributed by atoms with Gasteiger partial charge in [0.2, 0.25) is 5.89 Å². The Morgan fingerprint density at radius 1 is 1.20 bits per heavy atom. The van der Waals surface area contributed by atoms with Gasteiger partial charge in [0, 0.05) is 12.2 Å². The number of nitrogens with zero attached hydrogens (tertiary/aromatic N) is 2. The zero-order valence-electron chi connectivity index (χ0n) is 11.2. The average Bonchev–Trinajstić information content (AvgIpc) is 2.89. The fourth-order valence-electron chi connectivity index (χ4n) is 1.77. The fraction of sp³-hybridized carbons (Fsp3) is 0.429. The van der Waals surface area contributed by atoms with Crippen molar-refractivity contribution in [3.8, 4) is 0 Å². The van der Waals surface area contributed by atoms with Gasteiger partial charge in [-0.25, -0.2) is 4.39 Å². The molecule has 2 N–H and O–H groups in total. The second-order valence-electron chi connectivity index (χ2n) is 4.48. The van der Waals surface area contributed by atoms with Crippen molar-refractivity contribution in [2.75, 3.05) is 6.54 Å². The third-order valence-electron chi connectivity index (χ3n) is 2.79. The highest BCUT2D eigenvalue weighted by atomic mass is 32.2. The second-order valence-corrected chi connectivity index (χ2v) is 5.41. The summed E-state index contributed by atoms with van der Waals surface area (Å²) < 4.78 is 18.6. The molecule has 0 saturated heterocycles. The summed E-state index contributed by atoms with van der Waals surface area (Å²) in [7, 11) is 0. The molecular weight excluding hydrogens is 277 g/mol. The van der Waals surface area contributed by atoms with Gasteiger partial charge in [0.25, 0.3) is 5.22 Å². The van der Waals surface area contributed by atoms with Gasteiger partial charge in [-0.15, -0.1) is 10.2 Å². The van der Waals surface area contributed by atoms with Gasteiger partial charge in [-0.2, -0.15) is 0 Å². The molecular formula is C14H18FN3OS. The Balaban J connectivity index is 1.78. The number of unbranched alkanes of at least 4 members (excludes halogenated alkanes) is 2. The lowest BCUT2D eigenvalue weighted by Crippen LogP contribution is -1.98. The quantitative estimate of drug-likeness (QED) is 0.598. The molecule has 20 heavy (non-hydrogen) atoms. The summed E-state index contributed by atoms with van der Waals surface area (Å²) in [5.41, 5.74) is 6.34. The SMILES string of the molecule is NCCCCCc1nnc(SCc2cccc(F)c2)o1. The van der Waals surface area contributed by atoms with E-state index in [2.05, 4.69) is 10.2 Å². The van der Waals surface area contributed by atoms with Crippen molar-refractivity contribution in [2.45, 2.75) is 36.7 Å². The fourth-order valence-corrected chi connectivity index (χ4v) is 2.49. The van der Waals surface area contributed by atoms with Crippen LogP contribution in [0, 0.1) is 5.82 Å². The molecule has 0 aliphatic carbocycles. The minimum Gasteiger partial charge on any atom is -0.416 e. The number of halogens is 1. The normalized spacial score (nSPS) is 10.9. The monoisotopic (exact) mass is 295 g/mol. The number of rotatable bonds is 8. The van der Waals surface area contributed by atoms with Crippen molar-refractivity contribution in [3.05, 3.63) is 41.5 Å². The topological polar surface area (TPSA) is 64.9 Å². The van der Waals surface area contributed by atoms with Gasteiger partial charge >= 0.3 is 0 Å². The van der Waals surface area contributed by atoms with E-state index < -0.39 is 0 Å². The standard InChI is InChI=1S/C14H18FN3OS/c15-12-6-4-5-11(9-12)10-20-14-18-17-13(19-14)7-2-1-3-8-16/h4-6,9H,1-3,7-8,10,16H2. The van der Waals surface area contributed by atoms with Crippen LogP contribution in [0.25, 0.3) is 0 Å². The van der Waals surface area contributed by atoms with Crippen LogP contribution in [0.2, 0.25) is 0 Å². The molecule has 1 heterocycles. The maximum atomic E-state index is 13.0. The van der Waals surface area contributed by atoms with Gasteiger partial charge in [0.15, 0.2) is 0 Å². The molecule has 0 spiro atoms. The molecule has 2 rings (SSSR count). The molecule has 6 heteroatoms. The van der Waals surface area contributed by atoms with E-state index in [9.17, 15) is 4.39 Å². The predicted molar refractivity (Wildman–Crippen MR) is 76.9 cm³/mol. The highest BCUT2D eigenvalue weighted by Gasteiger charge is 2.07. The summed E-state index contributed by atoms with van der Waals surface area (Å²) in [5.74, 6) is 1.05. The van der Waals surface area contributed by atoms with Crippen molar-refractivity contribution in [2.24, 2.45) is 5.73 Å². The van der Waals surface area contributed by atoms with E-state index in [4.69, 9.17) is 10.2 Å². The van der Waals surface area contributed by atoms with Crippen LogP contribution >= 0.6 is 11.8 Å². The van der Waals surface area contributed by atoms with E-state index in [1.807, 2.05) is 6.07 Å². The van der Waals surface area contributed by atoms with E-state index in [1.54, 1.807) is 6.07 Å². The lowest BCUT2D eigenvalue weighted by atomic mass is 10.2. The molecule has 0 aliphatic heterocycles. The molecule has 0 amide bonds. The minimum absolute atomic E-state index is 0.228. The molecule has 108 valence electrons. The molecule has 1 aromatic carbocycles. The molecule has 0 atom stereocenters. The van der Waals surface area contributed by atoms with E-state index in [1.165, 1.54) is 23.9 Å². The smallest absolute Gasteiger partial charge is 0.276 e. The summed E-state index contributed by atoms with van der Waals surface area (Å²) in [6.07, 6.45) is 3.89. The van der Waals surface area contributed by atoms with E-state index in [0.717, 1.165) is 37.8 Å². The van der Waals surface area contributed by atoms with E-state index in [-0.39, 0.29) is 5.82 Å². The summed E-state index contributed by atoms with van der Waals surface area (Å²) in [5, 5.41) is 8.51. The second kappa shape index (κ2) is 8.01. The number of thioether (sulfide) groups is 1. The Bertz CT molecular complexity index is 533. The number of aromatic nitrogens is 2. The summed E-state index contributed by atoms with van der Waals surface area (Å²) in [6.45, 7) is 0.721. The molecule has 0 aliphatic rings. The summed E-state index contributed by atoms with van der Waals surface area (Å²) in [6, 6.07) is 6.51. The largest absolute Gasteiger partial charge is 0.416 e. The van der Waals surface area contributed by atoms with Crippen LogP contribution in [0.15, 0.2) is 33.9 Å². The number of benzene rings is 1. The predicted octanol–water partition coefficient (Wildman–Crippen LogP) is 3.17. The van der Waals surface area contributed by atoms with Crippen LogP contribution in [-0.4, -0.2) is 16.7 Å². The highest BCUT2D eigenvalue weighted by molar-refractivity contribution is 7.98. The van der Waals surface area contributed by atoms with Gasteiger partial charge in [-0.05, 0) is 37.1 Å². The molecule has 0 unspecified atom stereocenters. The molecule has 0 radical (unpaired) electrons. The third-order valence-corrected chi connectivity index (χ3v) is 3.68. The first kappa shape index (κ1) is 15.0. The first-order valence-corrected chi connectivity index (χ1v) is 7.66. The van der Waals surface area contributed by atoms with Gasteiger partial charge in [0.1, 0.15) is 5.82 Å². The number of hydrogen-bond donors (Lipinski definition) is 1. The van der Waals surface area contributed by atoms with E-state index >= 15 is 0 Å². The first-order valence-electron chi connectivity index (χ1n) is 6.67. The molecule has 0 saturated carbocycles. The highest BCUT2D eigenvalue weighted by Crippen LogP contribution is 2.22. The molecule has 2 aromatic rings. The Morgan fingerprint density at radius 3 is 2.90 bits per heavy atom. The van der Waals surface area contributed by atoms with Crippen molar-refractivity contribution in [1.82, 2.24) is 10.2 Å². The van der Waals surface area contributed by atoms with Crippen LogP contribution in [0.5, 0.6) is 0 Å². The van der Waals surface area contributed by atoms with Crippen LogP contribution in [0.4, 0.5) is 4.39 Å². The lowest BCUT2D eigenvalue weighted by Gasteiger charge is -1.98. The maximum Gasteiger partial charge on any atom is 0.276 e. The Labute approximate surface area is 122 Å². The zero-order valence-corrected chi connectivity index (χ0v) is 12.0. The van der Waals surface area contributed by atoms with Crippen LogP contribution in [-0.2, 0) is 12.2 Å². The molecule has 4 nitrogen and oxygen atoms in total. The van der Waals surface area contributed by atoms with Gasteiger partial charge < -0.3 is 10.2 Å². The van der Waals surface area contributed by atoms with Crippen LogP contribution in [0.3, 0.4) is 0 Å². The number of nitrogens with two attached hydrogens (primary N) is 1. The van der Waals surface area contributed by atoms with Crippen LogP contribution < -0.4 is 5.73 Å². The van der Waals surface area contributed by atoms with Crippen LogP contribution in [0.1, 0.15) is 30.7 Å². The number of hydrogen-bond acceptors (Lipinski definition) is 5. The molecule has 0 fully saturated rings.